The molecule has 2 aromatic rings. The van der Waals surface area contributed by atoms with Gasteiger partial charge < -0.3 is 21.3 Å². The van der Waals surface area contributed by atoms with E-state index in [0.29, 0.717) is 12.6 Å². The number of aromatic hydroxyl groups is 1. The Morgan fingerprint density at radius 1 is 1.15 bits per heavy atom. The molecule has 4 aliphatic rings. The molecule has 3 fully saturated rings. The highest BCUT2D eigenvalue weighted by Gasteiger charge is 2.69. The zero-order valence-electron chi connectivity index (χ0n) is 22.1. The Morgan fingerprint density at radius 3 is 2.48 bits per heavy atom. The summed E-state index contributed by atoms with van der Waals surface area (Å²) in [6.45, 7) is 0.499. The molecular formula is C29H30FN3O7. The minimum Gasteiger partial charge on any atom is -0.507 e. The third-order valence-electron chi connectivity index (χ3n) is 9.21. The molecule has 0 aliphatic heterocycles. The minimum atomic E-state index is -2.82. The van der Waals surface area contributed by atoms with Gasteiger partial charge in [-0.1, -0.05) is 12.1 Å². The summed E-state index contributed by atoms with van der Waals surface area (Å²) in [5.41, 5.74) is 2.92. The molecule has 10 nitrogen and oxygen atoms in total. The maximum Gasteiger partial charge on any atom is 0.235 e. The number of hydrogen-bond donors (Lipinski definition) is 4. The first-order valence-corrected chi connectivity index (χ1v) is 13.4. The number of halogens is 1. The number of carbonyl (C=O) groups excluding carboxylic acids is 5. The number of Topliss-reactive ketones (excluding diaryl/α,β-unsaturated/α-hetero) is 4. The van der Waals surface area contributed by atoms with Crippen molar-refractivity contribution in [3.8, 4) is 5.75 Å². The molecule has 0 aromatic heterocycles. The highest BCUT2D eigenvalue weighted by atomic mass is 19.1. The topological polar surface area (TPSA) is 167 Å². The summed E-state index contributed by atoms with van der Waals surface area (Å²) in [5, 5.41) is 26.5. The number of nitrogens with zero attached hydrogens (tertiary/aromatic N) is 1. The molecule has 0 spiro atoms. The van der Waals surface area contributed by atoms with Gasteiger partial charge in [-0.25, -0.2) is 4.39 Å². The fourth-order valence-electron chi connectivity index (χ4n) is 7.13. The molecule has 40 heavy (non-hydrogen) atoms. The van der Waals surface area contributed by atoms with Crippen molar-refractivity contribution in [1.82, 2.24) is 10.2 Å². The van der Waals surface area contributed by atoms with Crippen molar-refractivity contribution in [3.63, 3.8) is 0 Å². The van der Waals surface area contributed by atoms with Gasteiger partial charge >= 0.3 is 0 Å². The standard InChI is InChI=1S/C29H30FN3O7/c1-33(2)22-17-9-12-8-16-19(23(34)15-7-11(10-32-13-4-5-13)3-6-14(15)21(16)30)24(35)18(12)26(37)29(17,40)27(38)20(25(22)36)28(31)39/h3,6-7,12-13,17-18,20,22,32,34,40H,4-5,8-10H2,1-2H3,(H2,31,39). The predicted molar refractivity (Wildman–Crippen MR) is 139 cm³/mol. The molecule has 0 radical (unpaired) electrons. The molecule has 6 rings (SSSR count). The number of hydrogen-bond acceptors (Lipinski definition) is 9. The van der Waals surface area contributed by atoms with E-state index in [9.17, 15) is 34.2 Å². The first-order chi connectivity index (χ1) is 18.9. The van der Waals surface area contributed by atoms with Gasteiger partial charge in [0.2, 0.25) is 5.91 Å². The molecular weight excluding hydrogens is 521 g/mol. The van der Waals surface area contributed by atoms with Gasteiger partial charge in [-0.05, 0) is 57.3 Å². The molecule has 2 aromatic carbocycles. The van der Waals surface area contributed by atoms with Crippen molar-refractivity contribution in [2.24, 2.45) is 29.4 Å². The van der Waals surface area contributed by atoms with Gasteiger partial charge in [-0.15, -0.1) is 0 Å². The molecule has 210 valence electrons. The van der Waals surface area contributed by atoms with Crippen LogP contribution in [0.2, 0.25) is 0 Å². The molecule has 3 saturated carbocycles. The second-order valence-corrected chi connectivity index (χ2v) is 11.8. The summed E-state index contributed by atoms with van der Waals surface area (Å²) in [6, 6.07) is 4.12. The predicted octanol–water partition coefficient (Wildman–Crippen LogP) is 0.411. The van der Waals surface area contributed by atoms with Crippen LogP contribution in [-0.2, 0) is 32.1 Å². The van der Waals surface area contributed by atoms with Crippen LogP contribution in [0, 0.1) is 29.5 Å². The van der Waals surface area contributed by atoms with Crippen LogP contribution in [0.15, 0.2) is 18.2 Å². The van der Waals surface area contributed by atoms with E-state index in [1.165, 1.54) is 19.0 Å². The lowest BCUT2D eigenvalue weighted by molar-refractivity contribution is -0.181. The summed E-state index contributed by atoms with van der Waals surface area (Å²) in [5.74, 6) is -12.4. The van der Waals surface area contributed by atoms with Crippen LogP contribution < -0.4 is 11.1 Å². The average molecular weight is 552 g/mol. The average Bonchev–Trinajstić information content (AvgIpc) is 3.72. The van der Waals surface area contributed by atoms with Crippen LogP contribution in [0.3, 0.4) is 0 Å². The van der Waals surface area contributed by atoms with E-state index < -0.39 is 75.9 Å². The van der Waals surface area contributed by atoms with Crippen LogP contribution in [-0.4, -0.2) is 75.9 Å². The van der Waals surface area contributed by atoms with Crippen molar-refractivity contribution in [3.05, 3.63) is 40.7 Å². The van der Waals surface area contributed by atoms with Gasteiger partial charge in [0.05, 0.1) is 17.5 Å². The van der Waals surface area contributed by atoms with Crippen molar-refractivity contribution in [2.75, 3.05) is 14.1 Å². The molecule has 5 N–H and O–H groups in total. The van der Waals surface area contributed by atoms with Crippen molar-refractivity contribution >= 4 is 39.8 Å². The number of benzene rings is 2. The van der Waals surface area contributed by atoms with Crippen molar-refractivity contribution in [1.29, 1.82) is 0 Å². The van der Waals surface area contributed by atoms with Gasteiger partial charge in [-0.3, -0.25) is 28.9 Å². The second-order valence-electron chi connectivity index (χ2n) is 11.8. The number of phenols is 1. The van der Waals surface area contributed by atoms with Gasteiger partial charge in [0, 0.05) is 34.8 Å². The van der Waals surface area contributed by atoms with Gasteiger partial charge in [0.15, 0.2) is 34.7 Å². The molecule has 0 saturated heterocycles. The first-order valence-electron chi connectivity index (χ1n) is 13.4. The number of ketones is 4. The number of primary amides is 1. The monoisotopic (exact) mass is 551 g/mol. The first kappa shape index (κ1) is 26.7. The molecule has 6 atom stereocenters. The van der Waals surface area contributed by atoms with E-state index >= 15 is 4.39 Å². The number of amides is 1. The zero-order chi connectivity index (χ0) is 28.8. The van der Waals surface area contributed by atoms with Gasteiger partial charge in [0.1, 0.15) is 11.6 Å². The number of nitrogens with two attached hydrogens (primary N) is 1. The van der Waals surface area contributed by atoms with E-state index in [1.54, 1.807) is 18.2 Å². The lowest BCUT2D eigenvalue weighted by Gasteiger charge is -2.52. The Labute approximate surface area is 228 Å². The van der Waals surface area contributed by atoms with Gasteiger partial charge in [0.25, 0.3) is 0 Å². The number of aliphatic hydroxyl groups is 1. The van der Waals surface area contributed by atoms with E-state index in [0.717, 1.165) is 18.4 Å². The second kappa shape index (κ2) is 8.98. The Kier molecular flexibility index (Phi) is 5.99. The number of rotatable bonds is 5. The third-order valence-corrected chi connectivity index (χ3v) is 9.21. The molecule has 11 heteroatoms. The maximum atomic E-state index is 15.9. The highest BCUT2D eigenvalue weighted by molar-refractivity contribution is 6.32. The SMILES string of the molecule is CN(C)C1C(=O)C(C(N)=O)C(=O)C2(O)C(=O)C3C(=O)c4c(c(F)c5ccc(CNC6CC6)cc5c4O)CC3CC12. The normalized spacial score (nSPS) is 31.8. The Bertz CT molecular complexity index is 1530. The quantitative estimate of drug-likeness (QED) is 0.385. The Hall–Kier alpha value is -3.54. The largest absolute Gasteiger partial charge is 0.507 e. The minimum absolute atomic E-state index is 0.0387. The fraction of sp³-hybridized carbons (Fsp3) is 0.483. The summed E-state index contributed by atoms with van der Waals surface area (Å²) in [4.78, 5) is 67.8. The lowest BCUT2D eigenvalue weighted by Crippen LogP contribution is -2.74. The van der Waals surface area contributed by atoms with Crippen LogP contribution in [0.25, 0.3) is 10.8 Å². The number of fused-ring (bicyclic) bond motifs is 4. The van der Waals surface area contributed by atoms with Crippen LogP contribution in [0.5, 0.6) is 5.75 Å². The Balaban J connectivity index is 1.46. The van der Waals surface area contributed by atoms with Crippen molar-refractivity contribution in [2.45, 2.75) is 49.9 Å². The smallest absolute Gasteiger partial charge is 0.235 e. The van der Waals surface area contributed by atoms with E-state index in [-0.39, 0.29) is 34.7 Å². The van der Waals surface area contributed by atoms with Crippen LogP contribution in [0.4, 0.5) is 4.39 Å². The number of likely N-dealkylation sites (N-methyl/N-ethyl adjacent to an activating group) is 1. The van der Waals surface area contributed by atoms with Crippen molar-refractivity contribution < 1.29 is 38.6 Å². The van der Waals surface area contributed by atoms with E-state index in [4.69, 9.17) is 5.73 Å². The maximum absolute atomic E-state index is 15.9. The van der Waals surface area contributed by atoms with Crippen LogP contribution in [0.1, 0.15) is 40.7 Å². The molecule has 6 unspecified atom stereocenters. The lowest BCUT2D eigenvalue weighted by atomic mass is 9.52. The number of nitrogens with one attached hydrogen (secondary N) is 1. The van der Waals surface area contributed by atoms with Gasteiger partial charge in [-0.2, -0.15) is 0 Å². The molecule has 0 heterocycles. The zero-order valence-corrected chi connectivity index (χ0v) is 22.1. The summed E-state index contributed by atoms with van der Waals surface area (Å²) >= 11 is 0. The van der Waals surface area contributed by atoms with E-state index in [2.05, 4.69) is 5.32 Å². The molecule has 0 bridgehead atoms. The highest BCUT2D eigenvalue weighted by Crippen LogP contribution is 2.52. The Morgan fingerprint density at radius 2 is 1.85 bits per heavy atom. The summed E-state index contributed by atoms with van der Waals surface area (Å²) in [7, 11) is 3.01. The van der Waals surface area contributed by atoms with E-state index in [1.807, 2.05) is 0 Å². The van der Waals surface area contributed by atoms with Crippen LogP contribution >= 0.6 is 0 Å². The number of phenolic OH excluding ortho intramolecular Hbond substituents is 1. The number of carbonyl (C=O) groups is 5. The fourth-order valence-corrected chi connectivity index (χ4v) is 7.13. The third kappa shape index (κ3) is 3.60. The molecule has 1 amide bonds. The summed E-state index contributed by atoms with van der Waals surface area (Å²) < 4.78 is 15.9. The summed E-state index contributed by atoms with van der Waals surface area (Å²) in [6.07, 6.45) is 1.90. The molecule has 4 aliphatic carbocycles.